The maximum Gasteiger partial charge on any atom is 0.259 e. The smallest absolute Gasteiger partial charge is 0.259 e. The van der Waals surface area contributed by atoms with E-state index in [1.807, 2.05) is 0 Å². The van der Waals surface area contributed by atoms with Crippen LogP contribution in [0.25, 0.3) is 11.5 Å². The molecule has 1 aliphatic carbocycles. The Kier molecular flexibility index (Phi) is 3.33. The first-order valence-electron chi connectivity index (χ1n) is 6.83. The second-order valence-corrected chi connectivity index (χ2v) is 7.54. The number of nitrogens with zero attached hydrogens (tertiary/aromatic N) is 2. The number of hydrogen-bond donors (Lipinski definition) is 1. The van der Waals surface area contributed by atoms with Crippen molar-refractivity contribution in [3.63, 3.8) is 0 Å². The Labute approximate surface area is 123 Å². The number of sulfone groups is 1. The summed E-state index contributed by atoms with van der Waals surface area (Å²) in [4.78, 5) is 4.52. The first kappa shape index (κ1) is 14.2. The molecule has 0 spiro atoms. The van der Waals surface area contributed by atoms with Crippen LogP contribution in [0.1, 0.15) is 31.5 Å². The van der Waals surface area contributed by atoms with E-state index < -0.39 is 15.4 Å². The fourth-order valence-electron chi connectivity index (χ4n) is 2.73. The van der Waals surface area contributed by atoms with Gasteiger partial charge in [-0.05, 0) is 25.0 Å². The molecular weight excluding hydrogens is 290 g/mol. The van der Waals surface area contributed by atoms with Crippen LogP contribution in [0, 0.1) is 0 Å². The van der Waals surface area contributed by atoms with Crippen molar-refractivity contribution in [2.24, 2.45) is 5.73 Å². The zero-order valence-corrected chi connectivity index (χ0v) is 12.6. The normalized spacial score (nSPS) is 18.0. The van der Waals surface area contributed by atoms with E-state index in [0.717, 1.165) is 31.9 Å². The fourth-order valence-corrected chi connectivity index (χ4v) is 3.61. The van der Waals surface area contributed by atoms with Crippen LogP contribution in [0.5, 0.6) is 0 Å². The van der Waals surface area contributed by atoms with Gasteiger partial charge >= 0.3 is 0 Å². The molecule has 6 nitrogen and oxygen atoms in total. The summed E-state index contributed by atoms with van der Waals surface area (Å²) >= 11 is 0. The van der Waals surface area contributed by atoms with Crippen LogP contribution in [0.4, 0.5) is 0 Å². The van der Waals surface area contributed by atoms with Gasteiger partial charge in [-0.25, -0.2) is 8.42 Å². The van der Waals surface area contributed by atoms with E-state index in [2.05, 4.69) is 10.1 Å². The van der Waals surface area contributed by atoms with Crippen LogP contribution in [0.15, 0.2) is 33.7 Å². The molecule has 1 aromatic heterocycles. The molecule has 1 aliphatic rings. The molecule has 112 valence electrons. The van der Waals surface area contributed by atoms with Crippen molar-refractivity contribution in [1.29, 1.82) is 0 Å². The van der Waals surface area contributed by atoms with Gasteiger partial charge in [0, 0.05) is 6.26 Å². The fraction of sp³-hybridized carbons (Fsp3) is 0.429. The van der Waals surface area contributed by atoms with Gasteiger partial charge in [0.2, 0.25) is 0 Å². The molecule has 1 saturated carbocycles. The lowest BCUT2D eigenvalue weighted by atomic mass is 9.99. The van der Waals surface area contributed by atoms with Gasteiger partial charge in [-0.2, -0.15) is 4.98 Å². The van der Waals surface area contributed by atoms with Gasteiger partial charge in [-0.1, -0.05) is 30.1 Å². The summed E-state index contributed by atoms with van der Waals surface area (Å²) in [5.74, 6) is 0.654. The zero-order valence-electron chi connectivity index (χ0n) is 11.7. The minimum Gasteiger partial charge on any atom is -0.334 e. The Morgan fingerprint density at radius 3 is 2.57 bits per heavy atom. The van der Waals surface area contributed by atoms with Crippen molar-refractivity contribution >= 4 is 9.84 Å². The Balaban J connectivity index is 2.05. The average molecular weight is 307 g/mol. The molecule has 0 atom stereocenters. The maximum absolute atomic E-state index is 11.8. The Hall–Kier alpha value is -1.73. The van der Waals surface area contributed by atoms with Crippen LogP contribution >= 0.6 is 0 Å². The summed E-state index contributed by atoms with van der Waals surface area (Å²) in [5, 5.41) is 3.96. The Morgan fingerprint density at radius 2 is 1.90 bits per heavy atom. The number of benzene rings is 1. The molecule has 0 bridgehead atoms. The monoisotopic (exact) mass is 307 g/mol. The second kappa shape index (κ2) is 4.92. The highest BCUT2D eigenvalue weighted by Gasteiger charge is 2.36. The molecule has 1 heterocycles. The van der Waals surface area contributed by atoms with Gasteiger partial charge in [0.15, 0.2) is 15.7 Å². The number of hydrogen-bond acceptors (Lipinski definition) is 6. The maximum atomic E-state index is 11.8. The van der Waals surface area contributed by atoms with Crippen LogP contribution in [-0.4, -0.2) is 24.8 Å². The molecule has 0 aliphatic heterocycles. The predicted octanol–water partition coefficient (Wildman–Crippen LogP) is 1.87. The summed E-state index contributed by atoms with van der Waals surface area (Å²) in [5.41, 5.74) is 6.16. The average Bonchev–Trinajstić information content (AvgIpc) is 3.07. The van der Waals surface area contributed by atoms with Crippen molar-refractivity contribution in [1.82, 2.24) is 10.1 Å². The zero-order chi connectivity index (χ0) is 15.1. The van der Waals surface area contributed by atoms with Gasteiger partial charge in [-0.3, -0.25) is 0 Å². The molecule has 7 heteroatoms. The topological polar surface area (TPSA) is 99.1 Å². The quantitative estimate of drug-likeness (QED) is 0.929. The number of nitrogens with two attached hydrogens (primary N) is 1. The summed E-state index contributed by atoms with van der Waals surface area (Å²) in [6, 6.07) is 6.59. The first-order valence-corrected chi connectivity index (χ1v) is 8.72. The van der Waals surface area contributed by atoms with Gasteiger partial charge in [-0.15, -0.1) is 0 Å². The van der Waals surface area contributed by atoms with Crippen LogP contribution < -0.4 is 5.73 Å². The summed E-state index contributed by atoms with van der Waals surface area (Å²) in [6.45, 7) is 0. The highest BCUT2D eigenvalue weighted by atomic mass is 32.2. The van der Waals surface area contributed by atoms with Crippen LogP contribution in [0.2, 0.25) is 0 Å². The highest BCUT2D eigenvalue weighted by Crippen LogP contribution is 2.36. The summed E-state index contributed by atoms with van der Waals surface area (Å²) < 4.78 is 28.9. The molecular formula is C14H17N3O3S. The molecule has 0 amide bonds. The Morgan fingerprint density at radius 1 is 1.24 bits per heavy atom. The first-order chi connectivity index (χ1) is 9.90. The van der Waals surface area contributed by atoms with E-state index in [1.165, 1.54) is 6.07 Å². The van der Waals surface area contributed by atoms with Crippen molar-refractivity contribution in [3.05, 3.63) is 30.1 Å². The third kappa shape index (κ3) is 2.58. The lowest BCUT2D eigenvalue weighted by Gasteiger charge is -2.17. The van der Waals surface area contributed by atoms with Gasteiger partial charge in [0.05, 0.1) is 16.0 Å². The van der Waals surface area contributed by atoms with E-state index in [0.29, 0.717) is 11.4 Å². The van der Waals surface area contributed by atoms with Gasteiger partial charge < -0.3 is 10.3 Å². The SMILES string of the molecule is CS(=O)(=O)c1ccccc1-c1nc(C2(N)CCCC2)no1. The van der Waals surface area contributed by atoms with E-state index >= 15 is 0 Å². The molecule has 0 unspecified atom stereocenters. The third-order valence-electron chi connectivity index (χ3n) is 3.88. The molecule has 3 rings (SSSR count). The number of rotatable bonds is 3. The van der Waals surface area contributed by atoms with Gasteiger partial charge in [0.25, 0.3) is 5.89 Å². The van der Waals surface area contributed by atoms with Crippen LogP contribution in [0.3, 0.4) is 0 Å². The van der Waals surface area contributed by atoms with Gasteiger partial charge in [0.1, 0.15) is 0 Å². The van der Waals surface area contributed by atoms with Crippen LogP contribution in [-0.2, 0) is 15.4 Å². The third-order valence-corrected chi connectivity index (χ3v) is 5.04. The van der Waals surface area contributed by atoms with E-state index in [-0.39, 0.29) is 10.8 Å². The predicted molar refractivity (Wildman–Crippen MR) is 77.2 cm³/mol. The van der Waals surface area contributed by atoms with Crippen molar-refractivity contribution < 1.29 is 12.9 Å². The molecule has 1 fully saturated rings. The molecule has 0 saturated heterocycles. The number of aromatic nitrogens is 2. The standard InChI is InChI=1S/C14H17N3O3S/c1-21(18,19)11-7-3-2-6-10(11)12-16-13(17-20-12)14(15)8-4-5-9-14/h2-3,6-7H,4-5,8-9,15H2,1H3. The Bertz CT molecular complexity index is 761. The highest BCUT2D eigenvalue weighted by molar-refractivity contribution is 7.90. The molecule has 2 N–H and O–H groups in total. The summed E-state index contributed by atoms with van der Waals surface area (Å²) in [6.07, 6.45) is 4.88. The van der Waals surface area contributed by atoms with E-state index in [9.17, 15) is 8.42 Å². The van der Waals surface area contributed by atoms with Crippen molar-refractivity contribution in [3.8, 4) is 11.5 Å². The molecule has 0 radical (unpaired) electrons. The summed E-state index contributed by atoms with van der Waals surface area (Å²) in [7, 11) is -3.37. The minimum absolute atomic E-state index is 0.178. The lowest BCUT2D eigenvalue weighted by Crippen LogP contribution is -2.34. The van der Waals surface area contributed by atoms with E-state index in [4.69, 9.17) is 10.3 Å². The minimum atomic E-state index is -3.37. The van der Waals surface area contributed by atoms with E-state index in [1.54, 1.807) is 18.2 Å². The molecule has 21 heavy (non-hydrogen) atoms. The molecule has 1 aromatic carbocycles. The van der Waals surface area contributed by atoms with Crippen molar-refractivity contribution in [2.75, 3.05) is 6.26 Å². The van der Waals surface area contributed by atoms with Crippen molar-refractivity contribution in [2.45, 2.75) is 36.1 Å². The molecule has 2 aromatic rings. The lowest BCUT2D eigenvalue weighted by molar-refractivity contribution is 0.372. The second-order valence-electron chi connectivity index (χ2n) is 5.55. The largest absolute Gasteiger partial charge is 0.334 e.